The van der Waals surface area contributed by atoms with Crippen LogP contribution in [0.5, 0.6) is 17.2 Å². The van der Waals surface area contributed by atoms with E-state index in [-0.39, 0.29) is 29.8 Å². The van der Waals surface area contributed by atoms with Gasteiger partial charge in [-0.15, -0.1) is 0 Å². The number of para-hydroxylation sites is 2. The maximum atomic E-state index is 14.2. The third-order valence-electron chi connectivity index (χ3n) is 5.77. The molecule has 0 aromatic heterocycles. The molecule has 3 aromatic carbocycles. The van der Waals surface area contributed by atoms with E-state index in [4.69, 9.17) is 14.2 Å². The molecule has 0 radical (unpaired) electrons. The monoisotopic (exact) mass is 474 g/mol. The second-order valence-corrected chi connectivity index (χ2v) is 8.18. The number of rotatable bonds is 5. The lowest BCUT2D eigenvalue weighted by Gasteiger charge is -2.30. The molecule has 0 spiro atoms. The van der Waals surface area contributed by atoms with Gasteiger partial charge in [-0.3, -0.25) is 14.5 Å². The van der Waals surface area contributed by atoms with Gasteiger partial charge in [-0.05, 0) is 48.9 Å². The van der Waals surface area contributed by atoms with E-state index in [1.165, 1.54) is 17.0 Å². The van der Waals surface area contributed by atoms with Crippen molar-refractivity contribution in [3.05, 3.63) is 89.4 Å². The number of fused-ring (bicyclic) bond motifs is 2. The molecular weight excluding hydrogens is 451 g/mol. The molecular formula is C27H23FN2O5. The van der Waals surface area contributed by atoms with Crippen molar-refractivity contribution < 1.29 is 28.2 Å². The molecule has 0 aliphatic carbocycles. The summed E-state index contributed by atoms with van der Waals surface area (Å²) in [6.07, 6.45) is 1.34. The summed E-state index contributed by atoms with van der Waals surface area (Å²) in [6, 6.07) is 18.2. The van der Waals surface area contributed by atoms with Crippen LogP contribution in [0.4, 0.5) is 10.1 Å². The number of hydrogen-bond acceptors (Lipinski definition) is 5. The highest BCUT2D eigenvalue weighted by Crippen LogP contribution is 2.36. The molecule has 0 fully saturated rings. The number of hydrogen-bond donors (Lipinski definition) is 1. The fourth-order valence-electron chi connectivity index (χ4n) is 4.00. The summed E-state index contributed by atoms with van der Waals surface area (Å²) in [4.78, 5) is 27.6. The van der Waals surface area contributed by atoms with Crippen LogP contribution in [0.1, 0.15) is 24.1 Å². The predicted molar refractivity (Wildman–Crippen MR) is 128 cm³/mol. The molecule has 1 atom stereocenters. The Bertz CT molecular complexity index is 1320. The summed E-state index contributed by atoms with van der Waals surface area (Å²) in [6.45, 7) is 2.59. The Morgan fingerprint density at radius 2 is 1.77 bits per heavy atom. The fourth-order valence-corrected chi connectivity index (χ4v) is 4.00. The second kappa shape index (κ2) is 9.50. The van der Waals surface area contributed by atoms with Crippen LogP contribution in [0.2, 0.25) is 0 Å². The van der Waals surface area contributed by atoms with Gasteiger partial charge in [0.2, 0.25) is 5.91 Å². The highest BCUT2D eigenvalue weighted by molar-refractivity contribution is 6.12. The number of carbonyl (C=O) groups excluding carboxylic acids is 2. The molecule has 35 heavy (non-hydrogen) atoms. The standard InChI is InChI=1S/C27H23FN2O5/c1-17(18-10-11-23-24(14-18)34-13-12-33-23)29-26(31)16-30-21-8-4-5-9-22(21)35-25(27(30)32)15-19-6-2-3-7-20(19)28/h2-11,14-15,17H,12-13,16H2,1H3,(H,29,31)/b25-15+. The number of ether oxygens (including phenoxy) is 3. The Morgan fingerprint density at radius 3 is 2.60 bits per heavy atom. The Kier molecular flexibility index (Phi) is 6.10. The quantitative estimate of drug-likeness (QED) is 0.560. The van der Waals surface area contributed by atoms with Crippen molar-refractivity contribution in [1.82, 2.24) is 5.32 Å². The summed E-state index contributed by atoms with van der Waals surface area (Å²) in [5.41, 5.74) is 1.52. The molecule has 1 unspecified atom stereocenters. The SMILES string of the molecule is CC(NC(=O)CN1C(=O)/C(=C\c2ccccc2F)Oc2ccccc21)c1ccc2c(c1)OCCO2. The van der Waals surface area contributed by atoms with Gasteiger partial charge in [0.05, 0.1) is 11.7 Å². The van der Waals surface area contributed by atoms with E-state index in [2.05, 4.69) is 5.32 Å². The van der Waals surface area contributed by atoms with Gasteiger partial charge in [0.25, 0.3) is 5.91 Å². The van der Waals surface area contributed by atoms with Crippen LogP contribution in [-0.4, -0.2) is 31.6 Å². The van der Waals surface area contributed by atoms with Crippen molar-refractivity contribution in [2.45, 2.75) is 13.0 Å². The van der Waals surface area contributed by atoms with Gasteiger partial charge in [-0.25, -0.2) is 4.39 Å². The van der Waals surface area contributed by atoms with E-state index in [1.54, 1.807) is 42.5 Å². The van der Waals surface area contributed by atoms with Gasteiger partial charge < -0.3 is 19.5 Å². The maximum Gasteiger partial charge on any atom is 0.294 e. The molecule has 7 nitrogen and oxygen atoms in total. The average Bonchev–Trinajstić information content (AvgIpc) is 2.87. The molecule has 0 bridgehead atoms. The van der Waals surface area contributed by atoms with Crippen LogP contribution in [0.3, 0.4) is 0 Å². The van der Waals surface area contributed by atoms with E-state index < -0.39 is 11.7 Å². The number of halogens is 1. The first kappa shape index (κ1) is 22.5. The minimum Gasteiger partial charge on any atom is -0.486 e. The van der Waals surface area contributed by atoms with Gasteiger partial charge >= 0.3 is 0 Å². The minimum absolute atomic E-state index is 0.0681. The lowest BCUT2D eigenvalue weighted by atomic mass is 10.1. The van der Waals surface area contributed by atoms with E-state index in [1.807, 2.05) is 25.1 Å². The Hall–Kier alpha value is -4.33. The van der Waals surface area contributed by atoms with Crippen molar-refractivity contribution in [2.75, 3.05) is 24.7 Å². The number of anilines is 1. The van der Waals surface area contributed by atoms with Crippen LogP contribution in [0, 0.1) is 5.82 Å². The zero-order chi connectivity index (χ0) is 24.4. The first-order valence-electron chi connectivity index (χ1n) is 11.2. The van der Waals surface area contributed by atoms with Crippen LogP contribution in [0.15, 0.2) is 72.5 Å². The predicted octanol–water partition coefficient (Wildman–Crippen LogP) is 4.24. The number of amides is 2. The Labute approximate surface area is 201 Å². The lowest BCUT2D eigenvalue weighted by molar-refractivity contribution is -0.123. The van der Waals surface area contributed by atoms with Gasteiger partial charge in [0, 0.05) is 5.56 Å². The average molecular weight is 474 g/mol. The first-order chi connectivity index (χ1) is 17.0. The van der Waals surface area contributed by atoms with Crippen molar-refractivity contribution in [1.29, 1.82) is 0 Å². The maximum absolute atomic E-state index is 14.2. The van der Waals surface area contributed by atoms with Crippen molar-refractivity contribution in [3.8, 4) is 17.2 Å². The molecule has 3 aromatic rings. The topological polar surface area (TPSA) is 77.1 Å². The number of carbonyl (C=O) groups is 2. The molecule has 5 rings (SSSR count). The zero-order valence-corrected chi connectivity index (χ0v) is 19.0. The van der Waals surface area contributed by atoms with Crippen LogP contribution in [-0.2, 0) is 9.59 Å². The van der Waals surface area contributed by atoms with Crippen LogP contribution >= 0.6 is 0 Å². The van der Waals surface area contributed by atoms with Crippen molar-refractivity contribution >= 4 is 23.6 Å². The summed E-state index contributed by atoms with van der Waals surface area (Å²) in [5, 5.41) is 2.93. The largest absolute Gasteiger partial charge is 0.486 e. The number of nitrogens with one attached hydrogen (secondary N) is 1. The van der Waals surface area contributed by atoms with Crippen LogP contribution < -0.4 is 24.4 Å². The molecule has 2 heterocycles. The zero-order valence-electron chi connectivity index (χ0n) is 19.0. The minimum atomic E-state index is -0.533. The lowest BCUT2D eigenvalue weighted by Crippen LogP contribution is -2.44. The summed E-state index contributed by atoms with van der Waals surface area (Å²) in [5.74, 6) is 0.270. The summed E-state index contributed by atoms with van der Waals surface area (Å²) >= 11 is 0. The first-order valence-corrected chi connectivity index (χ1v) is 11.2. The van der Waals surface area contributed by atoms with E-state index in [0.717, 1.165) is 5.56 Å². The summed E-state index contributed by atoms with van der Waals surface area (Å²) in [7, 11) is 0. The Balaban J connectivity index is 1.36. The van der Waals surface area contributed by atoms with Crippen LogP contribution in [0.25, 0.3) is 6.08 Å². The smallest absolute Gasteiger partial charge is 0.294 e. The molecule has 2 aliphatic heterocycles. The fraction of sp³-hybridized carbons (Fsp3) is 0.185. The molecule has 0 saturated heterocycles. The third-order valence-corrected chi connectivity index (χ3v) is 5.77. The molecule has 178 valence electrons. The van der Waals surface area contributed by atoms with Crippen molar-refractivity contribution in [3.63, 3.8) is 0 Å². The molecule has 0 saturated carbocycles. The highest BCUT2D eigenvalue weighted by Gasteiger charge is 2.32. The van der Waals surface area contributed by atoms with Gasteiger partial charge in [0.15, 0.2) is 23.0 Å². The molecule has 2 amide bonds. The van der Waals surface area contributed by atoms with Gasteiger partial charge in [0.1, 0.15) is 25.6 Å². The normalized spacial score (nSPS) is 16.3. The highest BCUT2D eigenvalue weighted by atomic mass is 19.1. The number of benzene rings is 3. The van der Waals surface area contributed by atoms with Gasteiger partial charge in [-0.1, -0.05) is 36.4 Å². The van der Waals surface area contributed by atoms with E-state index >= 15 is 0 Å². The summed E-state index contributed by atoms with van der Waals surface area (Å²) < 4.78 is 31.1. The third kappa shape index (κ3) is 4.68. The molecule has 8 heteroatoms. The van der Waals surface area contributed by atoms with E-state index in [0.29, 0.717) is 36.1 Å². The molecule has 1 N–H and O–H groups in total. The number of nitrogens with zero attached hydrogens (tertiary/aromatic N) is 1. The van der Waals surface area contributed by atoms with Gasteiger partial charge in [-0.2, -0.15) is 0 Å². The molecule has 2 aliphatic rings. The second-order valence-electron chi connectivity index (χ2n) is 8.18. The van der Waals surface area contributed by atoms with Crippen molar-refractivity contribution in [2.24, 2.45) is 0 Å². The van der Waals surface area contributed by atoms with E-state index in [9.17, 15) is 14.0 Å². The Morgan fingerprint density at radius 1 is 1.03 bits per heavy atom.